The van der Waals surface area contributed by atoms with E-state index in [4.69, 9.17) is 32.7 Å². The SMILES string of the molecule is CCOc1nc(=O)n([C@H]2C[C@H](OC(=O)CC)[C@@H](COP(=O)(NC(C)C(OC)OC)Oc3ccccc3)O2)cc1F. The van der Waals surface area contributed by atoms with E-state index in [1.165, 1.54) is 14.2 Å². The van der Waals surface area contributed by atoms with Crippen molar-refractivity contribution in [1.29, 1.82) is 0 Å². The van der Waals surface area contributed by atoms with Crippen molar-refractivity contribution in [3.05, 3.63) is 52.8 Å². The first-order valence-corrected chi connectivity index (χ1v) is 14.3. The molecule has 0 aliphatic carbocycles. The summed E-state index contributed by atoms with van der Waals surface area (Å²) in [5.41, 5.74) is -0.823. The maximum Gasteiger partial charge on any atom is 0.459 e. The summed E-state index contributed by atoms with van der Waals surface area (Å²) in [6.07, 6.45) is -2.76. The van der Waals surface area contributed by atoms with Crippen LogP contribution >= 0.6 is 7.75 Å². The molecule has 2 aromatic rings. The highest BCUT2D eigenvalue weighted by molar-refractivity contribution is 7.52. The number of aromatic nitrogens is 2. The van der Waals surface area contributed by atoms with Crippen molar-refractivity contribution in [1.82, 2.24) is 14.6 Å². The standard InChI is InChI=1S/C25H35FN3O10P/c1-6-22(30)38-19-13-21(29-14-18(26)23(35-7-2)27-25(29)31)37-20(19)15-36-40(32,28-16(3)24(33-4)34-5)39-17-11-9-8-10-12-17/h8-12,14,16,19-21,24H,6-7,13,15H2,1-5H3,(H,28,32)/t16?,19-,20+,21+,40?/m0/s1. The van der Waals surface area contributed by atoms with Crippen LogP contribution in [0.5, 0.6) is 11.6 Å². The van der Waals surface area contributed by atoms with Crippen LogP contribution in [0.2, 0.25) is 0 Å². The minimum absolute atomic E-state index is 0.0160. The van der Waals surface area contributed by atoms with Gasteiger partial charge in [-0.05, 0) is 26.0 Å². The summed E-state index contributed by atoms with van der Waals surface area (Å²) in [5, 5.41) is 2.78. The largest absolute Gasteiger partial charge is 0.476 e. The molecule has 3 rings (SSSR count). The molecule has 1 aliphatic rings. The van der Waals surface area contributed by atoms with Crippen LogP contribution in [0.25, 0.3) is 0 Å². The molecule has 0 spiro atoms. The quantitative estimate of drug-likeness (QED) is 0.186. The molecule has 2 heterocycles. The average Bonchev–Trinajstić information content (AvgIpc) is 3.32. The fourth-order valence-electron chi connectivity index (χ4n) is 3.97. The first-order valence-electron chi connectivity index (χ1n) is 12.7. The van der Waals surface area contributed by atoms with Crippen LogP contribution in [0.3, 0.4) is 0 Å². The van der Waals surface area contributed by atoms with Crippen molar-refractivity contribution in [2.24, 2.45) is 0 Å². The molecule has 1 N–H and O–H groups in total. The van der Waals surface area contributed by atoms with Gasteiger partial charge in [0.15, 0.2) is 6.29 Å². The number of halogens is 1. The molecule has 2 unspecified atom stereocenters. The van der Waals surface area contributed by atoms with Crippen molar-refractivity contribution in [3.8, 4) is 11.6 Å². The molecule has 1 aliphatic heterocycles. The Bertz CT molecular complexity index is 1210. The predicted octanol–water partition coefficient (Wildman–Crippen LogP) is 3.19. The predicted molar refractivity (Wildman–Crippen MR) is 139 cm³/mol. The zero-order valence-corrected chi connectivity index (χ0v) is 23.9. The van der Waals surface area contributed by atoms with Crippen LogP contribution in [-0.2, 0) is 32.8 Å². The maximum absolute atomic E-state index is 14.5. The number of para-hydroxylation sites is 1. The van der Waals surface area contributed by atoms with E-state index < -0.39 is 61.9 Å². The van der Waals surface area contributed by atoms with Gasteiger partial charge in [0, 0.05) is 27.1 Å². The molecule has 5 atom stereocenters. The normalized spacial score (nSPS) is 21.1. The summed E-state index contributed by atoms with van der Waals surface area (Å²) >= 11 is 0. The molecule has 15 heteroatoms. The van der Waals surface area contributed by atoms with Crippen molar-refractivity contribution >= 4 is 13.7 Å². The van der Waals surface area contributed by atoms with Crippen molar-refractivity contribution in [3.63, 3.8) is 0 Å². The molecule has 1 saturated heterocycles. The average molecular weight is 588 g/mol. The number of hydrogen-bond acceptors (Lipinski definition) is 11. The van der Waals surface area contributed by atoms with Gasteiger partial charge in [-0.3, -0.25) is 13.9 Å². The van der Waals surface area contributed by atoms with Gasteiger partial charge in [0.1, 0.15) is 24.2 Å². The second-order valence-electron chi connectivity index (χ2n) is 8.72. The van der Waals surface area contributed by atoms with Crippen molar-refractivity contribution < 1.29 is 46.5 Å². The third-order valence-corrected chi connectivity index (χ3v) is 7.49. The van der Waals surface area contributed by atoms with Crippen LogP contribution < -0.4 is 20.0 Å². The first kappa shape index (κ1) is 31.7. The van der Waals surface area contributed by atoms with Crippen LogP contribution in [0.4, 0.5) is 4.39 Å². The minimum Gasteiger partial charge on any atom is -0.476 e. The highest BCUT2D eigenvalue weighted by atomic mass is 31.2. The van der Waals surface area contributed by atoms with Crippen LogP contribution in [0.15, 0.2) is 41.3 Å². The van der Waals surface area contributed by atoms with Gasteiger partial charge < -0.3 is 28.2 Å². The third-order valence-electron chi connectivity index (χ3n) is 5.83. The van der Waals surface area contributed by atoms with E-state index in [0.29, 0.717) is 0 Å². The zero-order chi connectivity index (χ0) is 29.3. The van der Waals surface area contributed by atoms with Gasteiger partial charge >= 0.3 is 19.4 Å². The lowest BCUT2D eigenvalue weighted by molar-refractivity contribution is -0.152. The lowest BCUT2D eigenvalue weighted by Gasteiger charge is -2.28. The molecule has 40 heavy (non-hydrogen) atoms. The monoisotopic (exact) mass is 587 g/mol. The topological polar surface area (TPSA) is 146 Å². The number of rotatable bonds is 15. The molecule has 1 aromatic heterocycles. The maximum atomic E-state index is 14.5. The number of nitrogens with zero attached hydrogens (tertiary/aromatic N) is 2. The van der Waals surface area contributed by atoms with Crippen LogP contribution in [-0.4, -0.2) is 67.5 Å². The summed E-state index contributed by atoms with van der Waals surface area (Å²) in [5.74, 6) is -1.56. The van der Waals surface area contributed by atoms with Gasteiger partial charge in [-0.25, -0.2) is 14.4 Å². The summed E-state index contributed by atoms with van der Waals surface area (Å²) < 4.78 is 67.7. The van der Waals surface area contributed by atoms with E-state index in [0.717, 1.165) is 10.8 Å². The summed E-state index contributed by atoms with van der Waals surface area (Å²) in [6, 6.07) is 7.71. The number of carbonyl (C=O) groups is 1. The number of nitrogens with one attached hydrogen (secondary N) is 1. The highest BCUT2D eigenvalue weighted by Gasteiger charge is 2.42. The Balaban J connectivity index is 1.84. The molecule has 13 nitrogen and oxygen atoms in total. The Hall–Kier alpha value is -2.87. The molecule has 1 fully saturated rings. The zero-order valence-electron chi connectivity index (χ0n) is 23.0. The molecule has 0 bridgehead atoms. The van der Waals surface area contributed by atoms with Gasteiger partial charge in [-0.15, -0.1) is 0 Å². The smallest absolute Gasteiger partial charge is 0.459 e. The van der Waals surface area contributed by atoms with E-state index in [2.05, 4.69) is 10.1 Å². The molecular weight excluding hydrogens is 552 g/mol. The highest BCUT2D eigenvalue weighted by Crippen LogP contribution is 2.46. The number of esters is 1. The summed E-state index contributed by atoms with van der Waals surface area (Å²) in [6.45, 7) is 4.65. The number of carbonyl (C=O) groups excluding carboxylic acids is 1. The third kappa shape index (κ3) is 8.32. The molecule has 0 saturated carbocycles. The Morgan fingerprint density at radius 1 is 1.25 bits per heavy atom. The van der Waals surface area contributed by atoms with Gasteiger partial charge in [0.2, 0.25) is 5.82 Å². The Morgan fingerprint density at radius 2 is 1.95 bits per heavy atom. The molecule has 0 amide bonds. The van der Waals surface area contributed by atoms with Gasteiger partial charge in [0.05, 0.1) is 25.5 Å². The number of ether oxygens (including phenoxy) is 5. The minimum atomic E-state index is -4.11. The Morgan fingerprint density at radius 3 is 2.58 bits per heavy atom. The number of methoxy groups -OCH3 is 2. The fourth-order valence-corrected chi connectivity index (χ4v) is 5.51. The molecular formula is C25H35FN3O10P. The van der Waals surface area contributed by atoms with E-state index in [1.54, 1.807) is 51.1 Å². The lowest BCUT2D eigenvalue weighted by Crippen LogP contribution is -2.40. The van der Waals surface area contributed by atoms with Crippen LogP contribution in [0.1, 0.15) is 39.8 Å². The molecule has 1 aromatic carbocycles. The van der Waals surface area contributed by atoms with Gasteiger partial charge in [-0.1, -0.05) is 25.1 Å². The van der Waals surface area contributed by atoms with E-state index in [9.17, 15) is 18.5 Å². The van der Waals surface area contributed by atoms with Crippen molar-refractivity contribution in [2.45, 2.75) is 64.4 Å². The Labute approximate surface area is 231 Å². The van der Waals surface area contributed by atoms with E-state index in [-0.39, 0.29) is 31.8 Å². The van der Waals surface area contributed by atoms with Gasteiger partial charge in [0.25, 0.3) is 5.88 Å². The van der Waals surface area contributed by atoms with E-state index in [1.807, 2.05) is 0 Å². The number of hydrogen-bond donors (Lipinski definition) is 1. The van der Waals surface area contributed by atoms with Gasteiger partial charge in [-0.2, -0.15) is 9.37 Å². The second-order valence-corrected chi connectivity index (χ2v) is 10.4. The lowest BCUT2D eigenvalue weighted by atomic mass is 10.2. The fraction of sp³-hybridized carbons (Fsp3) is 0.560. The Kier molecular flexibility index (Phi) is 11.6. The van der Waals surface area contributed by atoms with Crippen LogP contribution in [0, 0.1) is 5.82 Å². The first-order chi connectivity index (χ1) is 19.1. The number of benzene rings is 1. The summed E-state index contributed by atoms with van der Waals surface area (Å²) in [7, 11) is -1.26. The molecule has 222 valence electrons. The van der Waals surface area contributed by atoms with Crippen molar-refractivity contribution in [2.75, 3.05) is 27.4 Å². The molecule has 0 radical (unpaired) electrons. The second kappa shape index (κ2) is 14.7. The van der Waals surface area contributed by atoms with E-state index >= 15 is 0 Å². The summed E-state index contributed by atoms with van der Waals surface area (Å²) in [4.78, 5) is 28.3.